The Labute approximate surface area is 151 Å². The number of imide groups is 1. The first-order valence-corrected chi connectivity index (χ1v) is 8.40. The third-order valence-corrected chi connectivity index (χ3v) is 4.30. The molecular formula is C20H18N2O4. The molecule has 1 fully saturated rings. The predicted molar refractivity (Wildman–Crippen MR) is 95.7 cm³/mol. The van der Waals surface area contributed by atoms with Crippen molar-refractivity contribution in [1.29, 1.82) is 0 Å². The number of benzene rings is 2. The number of urea groups is 1. The van der Waals surface area contributed by atoms with Crippen molar-refractivity contribution in [3.05, 3.63) is 64.9 Å². The average Bonchev–Trinajstić information content (AvgIpc) is 2.91. The number of carbonyl (C=O) groups excluding carboxylic acids is 2. The van der Waals surface area contributed by atoms with Crippen molar-refractivity contribution in [1.82, 2.24) is 10.2 Å². The second-order valence-corrected chi connectivity index (χ2v) is 6.27. The second-order valence-electron chi connectivity index (χ2n) is 6.27. The summed E-state index contributed by atoms with van der Waals surface area (Å²) in [7, 11) is 0. The van der Waals surface area contributed by atoms with Crippen LogP contribution in [-0.2, 0) is 11.3 Å². The quantitative estimate of drug-likeness (QED) is 0.683. The number of nitrogens with one attached hydrogen (secondary N) is 1. The highest BCUT2D eigenvalue weighted by Crippen LogP contribution is 2.31. The van der Waals surface area contributed by atoms with Crippen molar-refractivity contribution in [2.45, 2.75) is 13.5 Å². The van der Waals surface area contributed by atoms with E-state index in [1.54, 1.807) is 18.2 Å². The number of aryl methyl sites for hydroxylation is 1. The van der Waals surface area contributed by atoms with Crippen LogP contribution >= 0.6 is 0 Å². The molecular weight excluding hydrogens is 332 g/mol. The normalized spacial score (nSPS) is 17.6. The molecule has 2 aliphatic heterocycles. The first-order chi connectivity index (χ1) is 12.6. The van der Waals surface area contributed by atoms with Crippen molar-refractivity contribution >= 4 is 18.0 Å². The molecule has 132 valence electrons. The first-order valence-electron chi connectivity index (χ1n) is 8.40. The van der Waals surface area contributed by atoms with E-state index in [2.05, 4.69) is 5.32 Å². The number of amides is 3. The van der Waals surface area contributed by atoms with Gasteiger partial charge in [0.25, 0.3) is 5.91 Å². The Bertz CT molecular complexity index is 903. The molecule has 0 radical (unpaired) electrons. The number of rotatable bonds is 3. The lowest BCUT2D eigenvalue weighted by Gasteiger charge is -2.18. The van der Waals surface area contributed by atoms with Gasteiger partial charge in [-0.05, 0) is 36.3 Å². The number of nitrogens with zero attached hydrogens (tertiary/aromatic N) is 1. The van der Waals surface area contributed by atoms with Crippen LogP contribution in [0.15, 0.2) is 48.2 Å². The van der Waals surface area contributed by atoms with Crippen LogP contribution in [0.4, 0.5) is 4.79 Å². The van der Waals surface area contributed by atoms with Crippen LogP contribution in [-0.4, -0.2) is 30.1 Å². The molecule has 2 aromatic carbocycles. The van der Waals surface area contributed by atoms with Crippen molar-refractivity contribution in [3.8, 4) is 11.5 Å². The lowest BCUT2D eigenvalue weighted by Crippen LogP contribution is -2.30. The standard InChI is InChI=1S/C20H18N2O4/c1-13-2-4-14(5-3-13)12-22-19(23)16(21-20(22)24)10-15-6-7-17-18(11-15)26-9-8-25-17/h2-7,10-11H,8-9,12H2,1H3,(H,21,24)/b16-10+. The molecule has 4 rings (SSSR count). The molecule has 0 aliphatic carbocycles. The van der Waals surface area contributed by atoms with E-state index in [9.17, 15) is 9.59 Å². The van der Waals surface area contributed by atoms with Gasteiger partial charge in [-0.2, -0.15) is 0 Å². The fourth-order valence-corrected chi connectivity index (χ4v) is 2.91. The first kappa shape index (κ1) is 16.2. The average molecular weight is 350 g/mol. The maximum Gasteiger partial charge on any atom is 0.329 e. The summed E-state index contributed by atoms with van der Waals surface area (Å²) in [6, 6.07) is 12.7. The molecule has 1 saturated heterocycles. The molecule has 2 aromatic rings. The Kier molecular flexibility index (Phi) is 4.08. The van der Waals surface area contributed by atoms with E-state index >= 15 is 0 Å². The number of ether oxygens (including phenoxy) is 2. The maximum atomic E-state index is 12.6. The molecule has 26 heavy (non-hydrogen) atoms. The SMILES string of the molecule is Cc1ccc(CN2C(=O)N/C(=C/c3ccc4c(c3)OCCO4)C2=O)cc1. The minimum Gasteiger partial charge on any atom is -0.486 e. The van der Waals surface area contributed by atoms with Gasteiger partial charge in [-0.1, -0.05) is 35.9 Å². The maximum absolute atomic E-state index is 12.6. The van der Waals surface area contributed by atoms with E-state index in [4.69, 9.17) is 9.47 Å². The molecule has 6 heteroatoms. The van der Waals surface area contributed by atoms with Crippen molar-refractivity contribution in [2.24, 2.45) is 0 Å². The smallest absolute Gasteiger partial charge is 0.329 e. The van der Waals surface area contributed by atoms with Crippen LogP contribution in [0.2, 0.25) is 0 Å². The van der Waals surface area contributed by atoms with Gasteiger partial charge in [-0.15, -0.1) is 0 Å². The van der Waals surface area contributed by atoms with E-state index in [0.717, 1.165) is 16.7 Å². The van der Waals surface area contributed by atoms with Gasteiger partial charge in [-0.3, -0.25) is 9.69 Å². The van der Waals surface area contributed by atoms with E-state index in [-0.39, 0.29) is 18.1 Å². The number of hydrogen-bond acceptors (Lipinski definition) is 4. The molecule has 3 amide bonds. The van der Waals surface area contributed by atoms with Gasteiger partial charge in [0, 0.05) is 0 Å². The van der Waals surface area contributed by atoms with E-state index in [0.29, 0.717) is 24.7 Å². The van der Waals surface area contributed by atoms with Crippen LogP contribution in [0.5, 0.6) is 11.5 Å². The Hall–Kier alpha value is -3.28. The zero-order valence-corrected chi connectivity index (χ0v) is 14.3. The van der Waals surface area contributed by atoms with Gasteiger partial charge in [0.05, 0.1) is 6.54 Å². The number of fused-ring (bicyclic) bond motifs is 1. The van der Waals surface area contributed by atoms with Crippen LogP contribution in [0, 0.1) is 6.92 Å². The van der Waals surface area contributed by atoms with Gasteiger partial charge in [-0.25, -0.2) is 4.79 Å². The zero-order valence-electron chi connectivity index (χ0n) is 14.3. The lowest BCUT2D eigenvalue weighted by atomic mass is 10.1. The van der Waals surface area contributed by atoms with Gasteiger partial charge in [0.15, 0.2) is 11.5 Å². The summed E-state index contributed by atoms with van der Waals surface area (Å²) in [4.78, 5) is 26.0. The summed E-state index contributed by atoms with van der Waals surface area (Å²) < 4.78 is 11.0. The van der Waals surface area contributed by atoms with Gasteiger partial charge < -0.3 is 14.8 Å². The molecule has 2 heterocycles. The Morgan fingerprint density at radius 2 is 1.77 bits per heavy atom. The third-order valence-electron chi connectivity index (χ3n) is 4.30. The van der Waals surface area contributed by atoms with Crippen LogP contribution in [0.1, 0.15) is 16.7 Å². The summed E-state index contributed by atoms with van der Waals surface area (Å²) in [6.07, 6.45) is 1.65. The topological polar surface area (TPSA) is 67.9 Å². The molecule has 6 nitrogen and oxygen atoms in total. The lowest BCUT2D eigenvalue weighted by molar-refractivity contribution is -0.123. The third kappa shape index (κ3) is 3.13. The Balaban J connectivity index is 1.54. The molecule has 0 aromatic heterocycles. The van der Waals surface area contributed by atoms with E-state index in [1.165, 1.54) is 4.90 Å². The molecule has 0 spiro atoms. The summed E-state index contributed by atoms with van der Waals surface area (Å²) in [5, 5.41) is 2.64. The highest BCUT2D eigenvalue weighted by molar-refractivity contribution is 6.13. The minimum atomic E-state index is -0.417. The van der Waals surface area contributed by atoms with Gasteiger partial charge in [0.1, 0.15) is 18.9 Å². The van der Waals surface area contributed by atoms with E-state index < -0.39 is 6.03 Å². The van der Waals surface area contributed by atoms with Crippen LogP contribution < -0.4 is 14.8 Å². The van der Waals surface area contributed by atoms with Gasteiger partial charge >= 0.3 is 6.03 Å². The highest BCUT2D eigenvalue weighted by Gasteiger charge is 2.33. The Morgan fingerprint density at radius 1 is 1.04 bits per heavy atom. The van der Waals surface area contributed by atoms with Crippen LogP contribution in [0.3, 0.4) is 0 Å². The van der Waals surface area contributed by atoms with Gasteiger partial charge in [0.2, 0.25) is 0 Å². The summed E-state index contributed by atoms with van der Waals surface area (Å²) in [6.45, 7) is 3.25. The zero-order chi connectivity index (χ0) is 18.1. The molecule has 0 unspecified atom stereocenters. The minimum absolute atomic E-state index is 0.240. The molecule has 0 bridgehead atoms. The van der Waals surface area contributed by atoms with E-state index in [1.807, 2.05) is 37.3 Å². The number of carbonyl (C=O) groups is 2. The summed E-state index contributed by atoms with van der Waals surface area (Å²) in [5.41, 5.74) is 3.04. The van der Waals surface area contributed by atoms with Crippen molar-refractivity contribution in [2.75, 3.05) is 13.2 Å². The largest absolute Gasteiger partial charge is 0.486 e. The molecule has 2 aliphatic rings. The fourth-order valence-electron chi connectivity index (χ4n) is 2.91. The fraction of sp³-hybridized carbons (Fsp3) is 0.200. The molecule has 1 N–H and O–H groups in total. The molecule has 0 atom stereocenters. The van der Waals surface area contributed by atoms with Crippen LogP contribution in [0.25, 0.3) is 6.08 Å². The van der Waals surface area contributed by atoms with Crippen molar-refractivity contribution in [3.63, 3.8) is 0 Å². The monoisotopic (exact) mass is 350 g/mol. The predicted octanol–water partition coefficient (Wildman–Crippen LogP) is 2.86. The Morgan fingerprint density at radius 3 is 2.54 bits per heavy atom. The second kappa shape index (κ2) is 6.55. The summed E-state index contributed by atoms with van der Waals surface area (Å²) >= 11 is 0. The number of hydrogen-bond donors (Lipinski definition) is 1. The highest BCUT2D eigenvalue weighted by atomic mass is 16.6. The van der Waals surface area contributed by atoms with Crippen molar-refractivity contribution < 1.29 is 19.1 Å². The molecule has 0 saturated carbocycles. The summed E-state index contributed by atoms with van der Waals surface area (Å²) in [5.74, 6) is 0.977.